The summed E-state index contributed by atoms with van der Waals surface area (Å²) in [6.07, 6.45) is 7.78. The van der Waals surface area contributed by atoms with E-state index in [1.54, 1.807) is 17.1 Å². The van der Waals surface area contributed by atoms with Gasteiger partial charge in [0.05, 0.1) is 24.1 Å². The highest BCUT2D eigenvalue weighted by atomic mass is 16.5. The second-order valence-corrected chi connectivity index (χ2v) is 7.55. The molecule has 1 N–H and O–H groups in total. The van der Waals surface area contributed by atoms with Crippen LogP contribution in [0, 0.1) is 0 Å². The molecule has 3 heterocycles. The molecule has 0 bridgehead atoms. The van der Waals surface area contributed by atoms with Crippen LogP contribution >= 0.6 is 0 Å². The first-order valence-corrected chi connectivity index (χ1v) is 10.2. The quantitative estimate of drug-likeness (QED) is 0.824. The van der Waals surface area contributed by atoms with Crippen LogP contribution in [0.1, 0.15) is 36.0 Å². The number of β-amino-alcohol motifs (C(OH)–C–C–N with tert-alkyl or cyclic N) is 1. The Morgan fingerprint density at radius 3 is 2.50 bits per heavy atom. The number of aromatic nitrogens is 2. The molecule has 1 amide bonds. The average molecular weight is 384 g/mol. The molecule has 2 aromatic rings. The summed E-state index contributed by atoms with van der Waals surface area (Å²) in [5, 5.41) is 13.4. The molecule has 150 valence electrons. The van der Waals surface area contributed by atoms with Gasteiger partial charge in [-0.3, -0.25) is 4.79 Å². The molecule has 7 nitrogen and oxygen atoms in total. The molecule has 0 unspecified atom stereocenters. The van der Waals surface area contributed by atoms with E-state index in [0.29, 0.717) is 5.56 Å². The number of ether oxygens (including phenoxy) is 1. The maximum atomic E-state index is 12.5. The van der Waals surface area contributed by atoms with Crippen LogP contribution in [0.15, 0.2) is 36.7 Å². The lowest BCUT2D eigenvalue weighted by Gasteiger charge is -2.31. The fourth-order valence-corrected chi connectivity index (χ4v) is 3.94. The summed E-state index contributed by atoms with van der Waals surface area (Å²) in [6, 6.07) is 7.85. The van der Waals surface area contributed by atoms with E-state index in [2.05, 4.69) is 10.00 Å². The normalized spacial score (nSPS) is 18.5. The Hall–Kier alpha value is -2.38. The van der Waals surface area contributed by atoms with Gasteiger partial charge in [0.15, 0.2) is 0 Å². The highest BCUT2D eigenvalue weighted by Gasteiger charge is 2.21. The maximum absolute atomic E-state index is 12.5. The Labute approximate surface area is 165 Å². The first-order chi connectivity index (χ1) is 13.7. The second-order valence-electron chi connectivity index (χ2n) is 7.55. The van der Waals surface area contributed by atoms with Crippen molar-refractivity contribution >= 4 is 5.91 Å². The fourth-order valence-electron chi connectivity index (χ4n) is 3.94. The molecule has 1 aromatic carbocycles. The lowest BCUT2D eigenvalue weighted by atomic mass is 10.1. The molecule has 7 heteroatoms. The second kappa shape index (κ2) is 8.75. The molecule has 0 atom stereocenters. The molecule has 1 aromatic heterocycles. The summed E-state index contributed by atoms with van der Waals surface area (Å²) in [6.45, 7) is 4.57. The van der Waals surface area contributed by atoms with Gasteiger partial charge >= 0.3 is 0 Å². The van der Waals surface area contributed by atoms with Crippen LogP contribution in [0.3, 0.4) is 0 Å². The Bertz CT molecular complexity index is 775. The van der Waals surface area contributed by atoms with E-state index >= 15 is 0 Å². The summed E-state index contributed by atoms with van der Waals surface area (Å²) in [5.74, 6) is 0.918. The number of carbonyl (C=O) groups excluding carboxylic acids is 1. The van der Waals surface area contributed by atoms with Gasteiger partial charge in [0, 0.05) is 38.9 Å². The predicted octanol–water partition coefficient (Wildman–Crippen LogP) is 1.94. The summed E-state index contributed by atoms with van der Waals surface area (Å²) in [5.41, 5.74) is 1.54. The molecule has 0 spiro atoms. The minimum absolute atomic E-state index is 0.0660. The van der Waals surface area contributed by atoms with Crippen molar-refractivity contribution < 1.29 is 14.6 Å². The lowest BCUT2D eigenvalue weighted by molar-refractivity contribution is 0.0793. The zero-order valence-corrected chi connectivity index (χ0v) is 16.2. The largest absolute Gasteiger partial charge is 0.490 e. The molecular formula is C21H28N4O3. The average Bonchev–Trinajstić information content (AvgIpc) is 3.42. The summed E-state index contributed by atoms with van der Waals surface area (Å²) in [7, 11) is 0. The number of piperidine rings is 1. The minimum atomic E-state index is 0.0660. The van der Waals surface area contributed by atoms with Crippen molar-refractivity contribution in [2.45, 2.75) is 31.8 Å². The van der Waals surface area contributed by atoms with Gasteiger partial charge < -0.3 is 19.6 Å². The molecule has 4 rings (SSSR count). The first kappa shape index (κ1) is 19.0. The molecule has 2 saturated heterocycles. The number of aliphatic hydroxyl groups is 1. The molecule has 2 aliphatic rings. The zero-order chi connectivity index (χ0) is 19.3. The molecule has 0 aliphatic carbocycles. The number of carbonyl (C=O) groups is 1. The lowest BCUT2D eigenvalue weighted by Crippen LogP contribution is -2.39. The third kappa shape index (κ3) is 4.36. The number of rotatable bonds is 6. The van der Waals surface area contributed by atoms with E-state index in [0.717, 1.165) is 69.8 Å². The smallest absolute Gasteiger partial charge is 0.257 e. The van der Waals surface area contributed by atoms with E-state index in [1.807, 2.05) is 29.2 Å². The Morgan fingerprint density at radius 1 is 1.11 bits per heavy atom. The van der Waals surface area contributed by atoms with E-state index in [9.17, 15) is 4.79 Å². The first-order valence-electron chi connectivity index (χ1n) is 10.2. The van der Waals surface area contributed by atoms with E-state index < -0.39 is 0 Å². The van der Waals surface area contributed by atoms with Gasteiger partial charge in [-0.15, -0.1) is 0 Å². The Morgan fingerprint density at radius 2 is 1.82 bits per heavy atom. The number of likely N-dealkylation sites (tertiary alicyclic amines) is 2. The van der Waals surface area contributed by atoms with Crippen LogP contribution in [0.5, 0.6) is 5.75 Å². The van der Waals surface area contributed by atoms with Crippen LogP contribution in [0.2, 0.25) is 0 Å². The van der Waals surface area contributed by atoms with Crippen LogP contribution in [-0.2, 0) is 0 Å². The maximum Gasteiger partial charge on any atom is 0.257 e. The van der Waals surface area contributed by atoms with Crippen molar-refractivity contribution in [2.24, 2.45) is 0 Å². The topological polar surface area (TPSA) is 70.8 Å². The molecule has 28 heavy (non-hydrogen) atoms. The third-order valence-electron chi connectivity index (χ3n) is 5.58. The molecule has 0 radical (unpaired) electrons. The molecule has 0 saturated carbocycles. The van der Waals surface area contributed by atoms with Crippen molar-refractivity contribution in [3.05, 3.63) is 42.2 Å². The van der Waals surface area contributed by atoms with Gasteiger partial charge in [0.1, 0.15) is 11.9 Å². The van der Waals surface area contributed by atoms with Crippen LogP contribution in [0.4, 0.5) is 0 Å². The third-order valence-corrected chi connectivity index (χ3v) is 5.58. The number of hydrogen-bond acceptors (Lipinski definition) is 5. The molecular weight excluding hydrogens is 356 g/mol. The van der Waals surface area contributed by atoms with Crippen LogP contribution in [0.25, 0.3) is 5.69 Å². The summed E-state index contributed by atoms with van der Waals surface area (Å²) in [4.78, 5) is 16.6. The number of aliphatic hydroxyl groups excluding tert-OH is 1. The molecule has 2 fully saturated rings. The van der Waals surface area contributed by atoms with Gasteiger partial charge in [-0.25, -0.2) is 4.68 Å². The van der Waals surface area contributed by atoms with Crippen molar-refractivity contribution in [1.82, 2.24) is 19.6 Å². The standard InChI is InChI=1S/C21H28N4O3/c26-14-13-23-11-7-20(8-12-23)28-19-5-3-18(4-6-19)25-16-17(15-22-25)21(27)24-9-1-2-10-24/h3-6,15-16,20,26H,1-2,7-14H2. The molecule has 2 aliphatic heterocycles. The van der Waals surface area contributed by atoms with Crippen molar-refractivity contribution in [3.63, 3.8) is 0 Å². The zero-order valence-electron chi connectivity index (χ0n) is 16.2. The minimum Gasteiger partial charge on any atom is -0.490 e. The van der Waals surface area contributed by atoms with Crippen molar-refractivity contribution in [1.29, 1.82) is 0 Å². The van der Waals surface area contributed by atoms with Gasteiger partial charge in [-0.1, -0.05) is 0 Å². The number of amides is 1. The summed E-state index contributed by atoms with van der Waals surface area (Å²) < 4.78 is 7.84. The summed E-state index contributed by atoms with van der Waals surface area (Å²) >= 11 is 0. The van der Waals surface area contributed by atoms with E-state index in [4.69, 9.17) is 9.84 Å². The van der Waals surface area contributed by atoms with Crippen LogP contribution in [-0.4, -0.2) is 76.0 Å². The Balaban J connectivity index is 1.34. The Kier molecular flexibility index (Phi) is 5.92. The number of hydrogen-bond donors (Lipinski definition) is 1. The fraction of sp³-hybridized carbons (Fsp3) is 0.524. The van der Waals surface area contributed by atoms with Gasteiger partial charge in [0.2, 0.25) is 0 Å². The number of benzene rings is 1. The number of nitrogens with zero attached hydrogens (tertiary/aromatic N) is 4. The highest BCUT2D eigenvalue weighted by Crippen LogP contribution is 2.21. The monoisotopic (exact) mass is 384 g/mol. The van der Waals surface area contributed by atoms with E-state index in [1.165, 1.54) is 0 Å². The van der Waals surface area contributed by atoms with Crippen molar-refractivity contribution in [2.75, 3.05) is 39.3 Å². The SMILES string of the molecule is O=C(c1cnn(-c2ccc(OC3CCN(CCO)CC3)cc2)c1)N1CCCC1. The van der Waals surface area contributed by atoms with Crippen molar-refractivity contribution in [3.8, 4) is 11.4 Å². The van der Waals surface area contributed by atoms with Gasteiger partial charge in [-0.2, -0.15) is 5.10 Å². The predicted molar refractivity (Wildman–Crippen MR) is 106 cm³/mol. The van der Waals surface area contributed by atoms with Gasteiger partial charge in [0.25, 0.3) is 5.91 Å². The van der Waals surface area contributed by atoms with E-state index in [-0.39, 0.29) is 18.6 Å². The highest BCUT2D eigenvalue weighted by molar-refractivity contribution is 5.94. The van der Waals surface area contributed by atoms with Crippen LogP contribution < -0.4 is 4.74 Å². The van der Waals surface area contributed by atoms with Gasteiger partial charge in [-0.05, 0) is 49.9 Å².